The first kappa shape index (κ1) is 18.8. The maximum atomic E-state index is 12.9. The second-order valence-electron chi connectivity index (χ2n) is 6.63. The van der Waals surface area contributed by atoms with Crippen LogP contribution in [0.25, 0.3) is 11.4 Å². The Morgan fingerprint density at radius 1 is 1.19 bits per heavy atom. The molecule has 1 fully saturated rings. The molecule has 1 aromatic heterocycles. The van der Waals surface area contributed by atoms with Gasteiger partial charge in [0.15, 0.2) is 5.82 Å². The highest BCUT2D eigenvalue weighted by molar-refractivity contribution is 5.56. The standard InChI is InChI=1S/C18H20F3N3O2/c19-18(20,21)11-3-1-2-10(6-11)17-23-5-4-12(24-17)7-13-14(9-25)16(26)8-15(13)22/h1-6,13-16,25-26H,7-9,22H2/t13-,14-,15-,16-/m1/s1. The summed E-state index contributed by atoms with van der Waals surface area (Å²) in [6.07, 6.45) is -2.79. The molecule has 4 N–H and O–H groups in total. The summed E-state index contributed by atoms with van der Waals surface area (Å²) in [5.41, 5.74) is 6.19. The molecule has 0 radical (unpaired) electrons. The molecule has 1 heterocycles. The van der Waals surface area contributed by atoms with Gasteiger partial charge in [0, 0.05) is 36.0 Å². The van der Waals surface area contributed by atoms with Gasteiger partial charge >= 0.3 is 6.18 Å². The van der Waals surface area contributed by atoms with Gasteiger partial charge in [0.2, 0.25) is 0 Å². The van der Waals surface area contributed by atoms with Gasteiger partial charge in [-0.25, -0.2) is 9.97 Å². The zero-order chi connectivity index (χ0) is 18.9. The largest absolute Gasteiger partial charge is 0.416 e. The lowest BCUT2D eigenvalue weighted by molar-refractivity contribution is -0.137. The number of aliphatic hydroxyl groups is 2. The minimum Gasteiger partial charge on any atom is -0.396 e. The van der Waals surface area contributed by atoms with Gasteiger partial charge in [-0.3, -0.25) is 0 Å². The summed E-state index contributed by atoms with van der Waals surface area (Å²) in [5.74, 6) is -0.294. The van der Waals surface area contributed by atoms with Gasteiger partial charge in [-0.1, -0.05) is 12.1 Å². The molecule has 5 nitrogen and oxygen atoms in total. The second kappa shape index (κ2) is 7.30. The predicted octanol–water partition coefficient (Wildman–Crippen LogP) is 2.02. The van der Waals surface area contributed by atoms with Crippen molar-refractivity contribution < 1.29 is 23.4 Å². The number of halogens is 3. The lowest BCUT2D eigenvalue weighted by Gasteiger charge is -2.21. The third-order valence-corrected chi connectivity index (χ3v) is 4.92. The molecule has 0 spiro atoms. The summed E-state index contributed by atoms with van der Waals surface area (Å²) in [7, 11) is 0. The molecule has 1 aliphatic rings. The van der Waals surface area contributed by atoms with Crippen LogP contribution in [0.3, 0.4) is 0 Å². The summed E-state index contributed by atoms with van der Waals surface area (Å²) in [6, 6.07) is 6.26. The summed E-state index contributed by atoms with van der Waals surface area (Å²) in [5, 5.41) is 19.5. The van der Waals surface area contributed by atoms with Crippen LogP contribution < -0.4 is 5.73 Å². The van der Waals surface area contributed by atoms with Gasteiger partial charge in [-0.2, -0.15) is 13.2 Å². The summed E-state index contributed by atoms with van der Waals surface area (Å²) >= 11 is 0. The Kier molecular flexibility index (Phi) is 5.27. The highest BCUT2D eigenvalue weighted by atomic mass is 19.4. The van der Waals surface area contributed by atoms with Crippen molar-refractivity contribution in [3.8, 4) is 11.4 Å². The summed E-state index contributed by atoms with van der Waals surface area (Å²) < 4.78 is 38.7. The van der Waals surface area contributed by atoms with E-state index in [2.05, 4.69) is 9.97 Å². The third kappa shape index (κ3) is 3.87. The number of nitrogens with zero attached hydrogens (tertiary/aromatic N) is 2. The quantitative estimate of drug-likeness (QED) is 0.769. The number of benzene rings is 1. The molecule has 26 heavy (non-hydrogen) atoms. The molecule has 0 bridgehead atoms. The maximum Gasteiger partial charge on any atom is 0.416 e. The van der Waals surface area contributed by atoms with Gasteiger partial charge in [-0.15, -0.1) is 0 Å². The van der Waals surface area contributed by atoms with Crippen LogP contribution >= 0.6 is 0 Å². The van der Waals surface area contributed by atoms with E-state index >= 15 is 0 Å². The van der Waals surface area contributed by atoms with Crippen molar-refractivity contribution in [2.75, 3.05) is 6.61 Å². The number of rotatable bonds is 4. The highest BCUT2D eigenvalue weighted by Gasteiger charge is 2.40. The molecule has 0 aliphatic heterocycles. The normalized spacial score (nSPS) is 26.2. The van der Waals surface area contributed by atoms with E-state index in [9.17, 15) is 23.4 Å². The Hall–Kier alpha value is -2.03. The van der Waals surface area contributed by atoms with Crippen molar-refractivity contribution in [2.24, 2.45) is 17.6 Å². The van der Waals surface area contributed by atoms with E-state index in [0.29, 0.717) is 18.5 Å². The molecule has 4 atom stereocenters. The Bertz CT molecular complexity index is 769. The van der Waals surface area contributed by atoms with Crippen LogP contribution in [-0.4, -0.2) is 38.9 Å². The van der Waals surface area contributed by atoms with Crippen molar-refractivity contribution >= 4 is 0 Å². The number of aromatic nitrogens is 2. The first-order chi connectivity index (χ1) is 12.3. The third-order valence-electron chi connectivity index (χ3n) is 4.92. The van der Waals surface area contributed by atoms with Crippen LogP contribution in [-0.2, 0) is 12.6 Å². The SMILES string of the molecule is N[C@@H]1C[C@@H](O)[C@H](CO)[C@H]1Cc1ccnc(-c2cccc(C(F)(F)F)c2)n1. The van der Waals surface area contributed by atoms with Crippen LogP contribution in [0, 0.1) is 11.8 Å². The Morgan fingerprint density at radius 3 is 2.65 bits per heavy atom. The highest BCUT2D eigenvalue weighted by Crippen LogP contribution is 2.34. The molecule has 1 aliphatic carbocycles. The van der Waals surface area contributed by atoms with E-state index in [1.165, 1.54) is 18.3 Å². The van der Waals surface area contributed by atoms with Gasteiger partial charge in [0.05, 0.1) is 11.7 Å². The fraction of sp³-hybridized carbons (Fsp3) is 0.444. The van der Waals surface area contributed by atoms with Crippen molar-refractivity contribution in [3.63, 3.8) is 0 Å². The number of alkyl halides is 3. The molecule has 0 saturated heterocycles. The Morgan fingerprint density at radius 2 is 1.96 bits per heavy atom. The van der Waals surface area contributed by atoms with Crippen LogP contribution in [0.15, 0.2) is 36.5 Å². The molecule has 1 aromatic carbocycles. The predicted molar refractivity (Wildman–Crippen MR) is 88.8 cm³/mol. The molecule has 2 aromatic rings. The molecule has 1 saturated carbocycles. The summed E-state index contributed by atoms with van der Waals surface area (Å²) in [4.78, 5) is 8.43. The first-order valence-corrected chi connectivity index (χ1v) is 8.33. The maximum absolute atomic E-state index is 12.9. The number of nitrogens with two attached hydrogens (primary N) is 1. The number of hydrogen-bond donors (Lipinski definition) is 3. The fourth-order valence-electron chi connectivity index (χ4n) is 3.52. The van der Waals surface area contributed by atoms with Crippen molar-refractivity contribution in [3.05, 3.63) is 47.8 Å². The van der Waals surface area contributed by atoms with E-state index in [1.54, 1.807) is 6.07 Å². The zero-order valence-electron chi connectivity index (χ0n) is 13.9. The molecule has 0 amide bonds. The van der Waals surface area contributed by atoms with Crippen molar-refractivity contribution in [2.45, 2.75) is 31.2 Å². The lowest BCUT2D eigenvalue weighted by Crippen LogP contribution is -2.31. The van der Waals surface area contributed by atoms with Crippen LogP contribution in [0.2, 0.25) is 0 Å². The van der Waals surface area contributed by atoms with Crippen molar-refractivity contribution in [1.29, 1.82) is 0 Å². The van der Waals surface area contributed by atoms with Gasteiger partial charge < -0.3 is 15.9 Å². The average molecular weight is 367 g/mol. The summed E-state index contributed by atoms with van der Waals surface area (Å²) in [6.45, 7) is -0.175. The fourth-order valence-corrected chi connectivity index (χ4v) is 3.52. The van der Waals surface area contributed by atoms with Crippen molar-refractivity contribution in [1.82, 2.24) is 9.97 Å². The van der Waals surface area contributed by atoms with Gasteiger partial charge in [-0.05, 0) is 37.0 Å². The lowest BCUT2D eigenvalue weighted by atomic mass is 9.89. The Balaban J connectivity index is 1.85. The molecular formula is C18H20F3N3O2. The second-order valence-corrected chi connectivity index (χ2v) is 6.63. The van der Waals surface area contributed by atoms with E-state index in [4.69, 9.17) is 5.73 Å². The number of hydrogen-bond acceptors (Lipinski definition) is 5. The smallest absolute Gasteiger partial charge is 0.396 e. The molecule has 140 valence electrons. The monoisotopic (exact) mass is 367 g/mol. The minimum atomic E-state index is -4.44. The van der Waals surface area contributed by atoms with E-state index in [0.717, 1.165) is 12.1 Å². The minimum absolute atomic E-state index is 0.153. The molecule has 0 unspecified atom stereocenters. The molecule has 8 heteroatoms. The van der Waals surface area contributed by atoms with E-state index in [-0.39, 0.29) is 35.9 Å². The number of aliphatic hydroxyl groups excluding tert-OH is 2. The van der Waals surface area contributed by atoms with E-state index < -0.39 is 17.8 Å². The van der Waals surface area contributed by atoms with Crippen LogP contribution in [0.5, 0.6) is 0 Å². The molecule has 3 rings (SSSR count). The van der Waals surface area contributed by atoms with Gasteiger partial charge in [0.1, 0.15) is 0 Å². The molecular weight excluding hydrogens is 347 g/mol. The van der Waals surface area contributed by atoms with Crippen LogP contribution in [0.1, 0.15) is 17.7 Å². The zero-order valence-corrected chi connectivity index (χ0v) is 13.9. The average Bonchev–Trinajstić information content (AvgIpc) is 2.87. The van der Waals surface area contributed by atoms with Gasteiger partial charge in [0.25, 0.3) is 0 Å². The first-order valence-electron chi connectivity index (χ1n) is 8.33. The topological polar surface area (TPSA) is 92.3 Å². The van der Waals surface area contributed by atoms with Crippen LogP contribution in [0.4, 0.5) is 13.2 Å². The van der Waals surface area contributed by atoms with E-state index in [1.807, 2.05) is 0 Å². The Labute approximate surface area is 148 Å².